The molecule has 0 bridgehead atoms. The molecule has 7 nitrogen and oxygen atoms in total. The summed E-state index contributed by atoms with van der Waals surface area (Å²) in [6, 6.07) is 9.96. The highest BCUT2D eigenvalue weighted by Crippen LogP contribution is 2.43. The van der Waals surface area contributed by atoms with Gasteiger partial charge in [0.2, 0.25) is 5.91 Å². The molecule has 1 aliphatic rings. The molecule has 1 aromatic rings. The first-order valence-corrected chi connectivity index (χ1v) is 15.1. The maximum absolute atomic E-state index is 13.3. The highest BCUT2D eigenvalue weighted by atomic mass is 16.7. The van der Waals surface area contributed by atoms with Gasteiger partial charge >= 0.3 is 0 Å². The molecule has 0 radical (unpaired) electrons. The van der Waals surface area contributed by atoms with E-state index in [0.29, 0.717) is 32.6 Å². The molecule has 0 saturated carbocycles. The Kier molecular flexibility index (Phi) is 13.5. The monoisotopic (exact) mass is 570 g/mol. The second-order valence-corrected chi connectivity index (χ2v) is 13.5. The summed E-state index contributed by atoms with van der Waals surface area (Å²) < 4.78 is 12.6. The summed E-state index contributed by atoms with van der Waals surface area (Å²) in [4.78, 5) is 31.4. The van der Waals surface area contributed by atoms with Gasteiger partial charge in [0.1, 0.15) is 5.94 Å². The number of hydrogen-bond acceptors (Lipinski definition) is 6. The Morgan fingerprint density at radius 3 is 2.51 bits per heavy atom. The van der Waals surface area contributed by atoms with Crippen LogP contribution in [0.2, 0.25) is 0 Å². The minimum absolute atomic E-state index is 0.0141. The molecule has 0 aliphatic carbocycles. The minimum Gasteiger partial charge on any atom is -0.377 e. The number of allylic oxidation sites excluding steroid dienone is 1. The molecule has 1 unspecified atom stereocenters. The van der Waals surface area contributed by atoms with Gasteiger partial charge in [-0.3, -0.25) is 9.63 Å². The molecule has 0 spiro atoms. The maximum atomic E-state index is 13.3. The van der Waals surface area contributed by atoms with Crippen LogP contribution in [0.25, 0.3) is 0 Å². The Bertz CT molecular complexity index is 1010. The third kappa shape index (κ3) is 11.9. The first kappa shape index (κ1) is 34.9. The number of ether oxygens (including phenoxy) is 2. The molecule has 1 amide bonds. The molecule has 4 atom stereocenters. The number of nitrogens with zero attached hydrogens (tertiary/aromatic N) is 1. The van der Waals surface area contributed by atoms with Crippen molar-refractivity contribution in [2.75, 3.05) is 13.2 Å². The SMILES string of the molecule is C=C(C)C[C@H](C[C@@H]1OC(C)(C=C=O)N(OC(C)(C)C)[C@H]1CC(C)(C)CCOCc1ccccc1)C(=O)NCCCC. The number of hydrogen-bond donors (Lipinski definition) is 1. The first-order chi connectivity index (χ1) is 19.2. The molecule has 1 heterocycles. The van der Waals surface area contributed by atoms with Crippen LogP contribution in [0.3, 0.4) is 0 Å². The van der Waals surface area contributed by atoms with Gasteiger partial charge in [0, 0.05) is 25.1 Å². The van der Waals surface area contributed by atoms with Crippen LogP contribution in [-0.4, -0.2) is 53.5 Å². The minimum atomic E-state index is -1.11. The van der Waals surface area contributed by atoms with Gasteiger partial charge in [0.25, 0.3) is 0 Å². The Labute approximate surface area is 248 Å². The van der Waals surface area contributed by atoms with Crippen LogP contribution in [0, 0.1) is 11.3 Å². The lowest BCUT2D eigenvalue weighted by atomic mass is 9.79. The number of carbonyl (C=O) groups excluding carboxylic acids is 2. The Balaban J connectivity index is 2.29. The second-order valence-electron chi connectivity index (χ2n) is 13.5. The average Bonchev–Trinajstić information content (AvgIpc) is 3.10. The van der Waals surface area contributed by atoms with Gasteiger partial charge in [-0.15, -0.1) is 11.6 Å². The van der Waals surface area contributed by atoms with E-state index in [4.69, 9.17) is 14.3 Å². The molecule has 0 aromatic heterocycles. The van der Waals surface area contributed by atoms with Crippen molar-refractivity contribution in [2.45, 2.75) is 124 Å². The van der Waals surface area contributed by atoms with Crippen molar-refractivity contribution >= 4 is 11.8 Å². The summed E-state index contributed by atoms with van der Waals surface area (Å²) in [6.07, 6.45) is 5.60. The van der Waals surface area contributed by atoms with Crippen LogP contribution in [-0.2, 0) is 30.5 Å². The van der Waals surface area contributed by atoms with Crippen molar-refractivity contribution in [1.29, 1.82) is 0 Å². The smallest absolute Gasteiger partial charge is 0.223 e. The molecular formula is C34H54N2O5. The van der Waals surface area contributed by atoms with Crippen molar-refractivity contribution in [1.82, 2.24) is 10.4 Å². The molecule has 1 aliphatic heterocycles. The van der Waals surface area contributed by atoms with E-state index in [1.807, 2.05) is 63.8 Å². The topological polar surface area (TPSA) is 77.1 Å². The molecule has 2 rings (SSSR count). The van der Waals surface area contributed by atoms with Crippen LogP contribution in [0.4, 0.5) is 0 Å². The number of benzene rings is 1. The van der Waals surface area contributed by atoms with Gasteiger partial charge in [-0.25, -0.2) is 4.79 Å². The molecule has 230 valence electrons. The van der Waals surface area contributed by atoms with Crippen LogP contribution >= 0.6 is 0 Å². The highest BCUT2D eigenvalue weighted by molar-refractivity contribution is 5.79. The van der Waals surface area contributed by atoms with E-state index in [-0.39, 0.29) is 29.4 Å². The lowest BCUT2D eigenvalue weighted by molar-refractivity contribution is -0.296. The predicted molar refractivity (Wildman–Crippen MR) is 165 cm³/mol. The number of hydroxylamine groups is 2. The van der Waals surface area contributed by atoms with E-state index >= 15 is 0 Å². The van der Waals surface area contributed by atoms with Crippen LogP contribution < -0.4 is 5.32 Å². The maximum Gasteiger partial charge on any atom is 0.223 e. The van der Waals surface area contributed by atoms with Gasteiger partial charge in [0.15, 0.2) is 5.72 Å². The fraction of sp³-hybridized carbons (Fsp3) is 0.676. The quantitative estimate of drug-likeness (QED) is 0.126. The van der Waals surface area contributed by atoms with Gasteiger partial charge < -0.3 is 14.8 Å². The van der Waals surface area contributed by atoms with Crippen LogP contribution in [0.15, 0.2) is 48.6 Å². The van der Waals surface area contributed by atoms with Crippen molar-refractivity contribution < 1.29 is 23.9 Å². The van der Waals surface area contributed by atoms with Gasteiger partial charge in [-0.1, -0.05) is 63.1 Å². The van der Waals surface area contributed by atoms with Gasteiger partial charge in [0.05, 0.1) is 24.4 Å². The van der Waals surface area contributed by atoms with Crippen molar-refractivity contribution in [3.8, 4) is 0 Å². The molecule has 1 N–H and O–H groups in total. The summed E-state index contributed by atoms with van der Waals surface area (Å²) >= 11 is 0. The van der Waals surface area contributed by atoms with E-state index in [2.05, 4.69) is 44.8 Å². The number of amides is 1. The lowest BCUT2D eigenvalue weighted by Gasteiger charge is -2.40. The summed E-state index contributed by atoms with van der Waals surface area (Å²) in [7, 11) is 0. The third-order valence-corrected chi connectivity index (χ3v) is 7.37. The van der Waals surface area contributed by atoms with Crippen LogP contribution in [0.5, 0.6) is 0 Å². The number of carbonyl (C=O) groups is 1. The third-order valence-electron chi connectivity index (χ3n) is 7.37. The van der Waals surface area contributed by atoms with Crippen molar-refractivity contribution in [2.24, 2.45) is 11.3 Å². The standard InChI is InChI=1S/C34H54N2O5/c1-10-11-19-35-31(38)28(22-26(2)3)23-30-29(36(41-32(4,5)6)34(9,40-30)17-20-37)24-33(7,8)18-21-39-25-27-15-13-12-14-16-27/h12-17,28-30H,2,10-11,18-19,21-25H2,1,3-9H3,(H,35,38)/t28-,29+,30+,34?/m1/s1. The summed E-state index contributed by atoms with van der Waals surface area (Å²) in [5.74, 6) is 1.65. The number of nitrogens with one attached hydrogen (secondary N) is 1. The van der Waals surface area contributed by atoms with E-state index in [0.717, 1.165) is 36.8 Å². The van der Waals surface area contributed by atoms with E-state index < -0.39 is 11.3 Å². The molecule has 1 saturated heterocycles. The summed E-state index contributed by atoms with van der Waals surface area (Å²) in [5, 5.41) is 4.94. The van der Waals surface area contributed by atoms with Crippen LogP contribution in [0.1, 0.15) is 99.5 Å². The Hall–Kier alpha value is -2.28. The molecule has 7 heteroatoms. The molecular weight excluding hydrogens is 516 g/mol. The van der Waals surface area contributed by atoms with Crippen molar-refractivity contribution in [3.05, 3.63) is 54.1 Å². The first-order valence-electron chi connectivity index (χ1n) is 15.1. The second kappa shape index (κ2) is 15.8. The zero-order valence-corrected chi connectivity index (χ0v) is 26.8. The predicted octanol–water partition coefficient (Wildman–Crippen LogP) is 6.80. The summed E-state index contributed by atoms with van der Waals surface area (Å²) in [5.41, 5.74) is 0.329. The van der Waals surface area contributed by atoms with Gasteiger partial charge in [-0.05, 0) is 77.7 Å². The highest BCUT2D eigenvalue weighted by Gasteiger charge is 2.53. The zero-order chi connectivity index (χ0) is 30.7. The fourth-order valence-corrected chi connectivity index (χ4v) is 5.29. The van der Waals surface area contributed by atoms with E-state index in [1.54, 1.807) is 0 Å². The van der Waals surface area contributed by atoms with Gasteiger partial charge in [-0.2, -0.15) is 0 Å². The van der Waals surface area contributed by atoms with E-state index in [9.17, 15) is 9.59 Å². The van der Waals surface area contributed by atoms with E-state index in [1.165, 1.54) is 6.08 Å². The normalized spacial score (nSPS) is 22.2. The number of unbranched alkanes of at least 4 members (excludes halogenated alkanes) is 1. The molecule has 1 fully saturated rings. The Morgan fingerprint density at radius 2 is 1.93 bits per heavy atom. The van der Waals surface area contributed by atoms with Crippen molar-refractivity contribution in [3.63, 3.8) is 0 Å². The molecule has 1 aromatic carbocycles. The fourth-order valence-electron chi connectivity index (χ4n) is 5.29. The largest absolute Gasteiger partial charge is 0.377 e. The molecule has 41 heavy (non-hydrogen) atoms. The average molecular weight is 571 g/mol. The zero-order valence-electron chi connectivity index (χ0n) is 26.8. The Morgan fingerprint density at radius 1 is 1.24 bits per heavy atom. The number of rotatable bonds is 17. The summed E-state index contributed by atoms with van der Waals surface area (Å²) in [6.45, 7) is 22.2. The lowest BCUT2D eigenvalue weighted by Crippen LogP contribution is -2.50.